The lowest BCUT2D eigenvalue weighted by Crippen LogP contribution is -2.44. The first kappa shape index (κ1) is 26.0. The minimum absolute atomic E-state index is 0.0319. The number of cyclic esters (lactones) is 1. The van der Waals surface area contributed by atoms with Gasteiger partial charge in [0.2, 0.25) is 6.10 Å². The third-order valence-electron chi connectivity index (χ3n) is 5.17. The van der Waals surface area contributed by atoms with Crippen molar-refractivity contribution in [3.05, 3.63) is 66.2 Å². The van der Waals surface area contributed by atoms with E-state index in [0.717, 1.165) is 0 Å². The number of aromatic nitrogens is 2. The van der Waals surface area contributed by atoms with Crippen LogP contribution in [0.4, 0.5) is 37.0 Å². The molecule has 8 nitrogen and oxygen atoms in total. The van der Waals surface area contributed by atoms with E-state index in [1.54, 1.807) is 36.4 Å². The normalized spacial score (nSPS) is 16.0. The summed E-state index contributed by atoms with van der Waals surface area (Å²) in [6.07, 6.45) is -17.0. The highest BCUT2D eigenvalue weighted by Crippen LogP contribution is 2.36. The number of benzene rings is 2. The molecule has 196 valence electrons. The van der Waals surface area contributed by atoms with Crippen molar-refractivity contribution in [2.24, 2.45) is 0 Å². The lowest BCUT2D eigenvalue weighted by molar-refractivity contribution is -0.324. The number of carbonyl (C=O) groups excluding carboxylic acids is 2. The third-order valence-corrected chi connectivity index (χ3v) is 5.17. The van der Waals surface area contributed by atoms with Crippen LogP contribution in [-0.2, 0) is 20.9 Å². The Kier molecular flexibility index (Phi) is 7.12. The van der Waals surface area contributed by atoms with Gasteiger partial charge < -0.3 is 20.1 Å². The van der Waals surface area contributed by atoms with Crippen LogP contribution in [0.15, 0.2) is 60.7 Å². The van der Waals surface area contributed by atoms with Gasteiger partial charge in [0.25, 0.3) is 5.91 Å². The third kappa shape index (κ3) is 6.20. The maximum Gasteiger partial charge on any atom is 0.423 e. The summed E-state index contributed by atoms with van der Waals surface area (Å²) in [5.74, 6) is -0.572. The van der Waals surface area contributed by atoms with Gasteiger partial charge in [-0.2, -0.15) is 26.3 Å². The van der Waals surface area contributed by atoms with Gasteiger partial charge in [0.15, 0.2) is 11.9 Å². The van der Waals surface area contributed by atoms with Crippen LogP contribution in [0.1, 0.15) is 5.56 Å². The van der Waals surface area contributed by atoms with Crippen LogP contribution in [-0.4, -0.2) is 52.9 Å². The van der Waals surface area contributed by atoms with Crippen molar-refractivity contribution in [3.63, 3.8) is 0 Å². The summed E-state index contributed by atoms with van der Waals surface area (Å²) in [6.45, 7) is -0.990. The van der Waals surface area contributed by atoms with Gasteiger partial charge in [0.1, 0.15) is 0 Å². The zero-order valence-electron chi connectivity index (χ0n) is 18.6. The Morgan fingerprint density at radius 3 is 2.41 bits per heavy atom. The Bertz CT molecular complexity index is 1260. The maximum atomic E-state index is 12.8. The summed E-state index contributed by atoms with van der Waals surface area (Å²) in [6, 6.07) is 15.8. The van der Waals surface area contributed by atoms with Crippen LogP contribution in [0, 0.1) is 0 Å². The summed E-state index contributed by atoms with van der Waals surface area (Å²) in [7, 11) is 0. The molecule has 0 bridgehead atoms. The molecule has 2 heterocycles. The minimum atomic E-state index is -5.63. The number of amides is 2. The van der Waals surface area contributed by atoms with Gasteiger partial charge in [-0.25, -0.2) is 9.48 Å². The Labute approximate surface area is 205 Å². The van der Waals surface area contributed by atoms with Gasteiger partial charge in [-0.1, -0.05) is 36.4 Å². The number of nitrogens with one attached hydrogen (secondary N) is 2. The Balaban J connectivity index is 1.62. The summed E-state index contributed by atoms with van der Waals surface area (Å²) in [5.41, 5.74) is 1.35. The van der Waals surface area contributed by atoms with Crippen molar-refractivity contribution in [1.82, 2.24) is 15.1 Å². The average Bonchev–Trinajstić information content (AvgIpc) is 3.45. The topological polar surface area (TPSA) is 94.5 Å². The molecule has 14 heteroatoms. The van der Waals surface area contributed by atoms with Crippen LogP contribution < -0.4 is 10.6 Å². The predicted molar refractivity (Wildman–Crippen MR) is 117 cm³/mol. The van der Waals surface area contributed by atoms with E-state index in [2.05, 4.69) is 20.5 Å². The second-order valence-corrected chi connectivity index (χ2v) is 7.90. The summed E-state index contributed by atoms with van der Waals surface area (Å²) in [5, 5.41) is 9.23. The van der Waals surface area contributed by atoms with Gasteiger partial charge in [0.05, 0.1) is 24.5 Å². The number of alkyl halides is 6. The predicted octanol–water partition coefficient (Wildman–Crippen LogP) is 4.60. The standard InChI is InChI=1S/C23H18F6N4O4/c24-22(25,26)20(23(27,28)29)36-12-13-5-4-6-14(9-13)16-10-18(31-19(34)17-11-30-21(35)37-17)32-33(16)15-7-2-1-3-8-15/h1-10,17,20H,11-12H2,(H,30,35)(H,31,32,34)/t17-/m1/s1. The molecule has 0 radical (unpaired) electrons. The van der Waals surface area contributed by atoms with Crippen LogP contribution >= 0.6 is 0 Å². The molecule has 0 saturated carbocycles. The molecule has 2 N–H and O–H groups in total. The van der Waals surface area contributed by atoms with Crippen molar-refractivity contribution in [3.8, 4) is 16.9 Å². The monoisotopic (exact) mass is 528 g/mol. The molecule has 37 heavy (non-hydrogen) atoms. The van der Waals surface area contributed by atoms with Gasteiger partial charge in [0, 0.05) is 11.6 Å². The fourth-order valence-corrected chi connectivity index (χ4v) is 3.53. The molecular formula is C23H18F6N4O4. The lowest BCUT2D eigenvalue weighted by atomic mass is 10.1. The molecule has 3 aromatic rings. The van der Waals surface area contributed by atoms with Crippen molar-refractivity contribution in [2.45, 2.75) is 31.2 Å². The molecule has 4 rings (SSSR count). The number of para-hydroxylation sites is 1. The molecule has 1 fully saturated rings. The Morgan fingerprint density at radius 1 is 1.08 bits per heavy atom. The van der Waals surface area contributed by atoms with E-state index in [-0.39, 0.29) is 17.9 Å². The number of hydrogen-bond acceptors (Lipinski definition) is 5. The summed E-state index contributed by atoms with van der Waals surface area (Å²) in [4.78, 5) is 23.6. The molecule has 1 saturated heterocycles. The molecule has 1 atom stereocenters. The molecule has 1 aliphatic heterocycles. The fraction of sp³-hybridized carbons (Fsp3) is 0.261. The second-order valence-electron chi connectivity index (χ2n) is 7.90. The number of alkyl carbamates (subject to hydrolysis) is 1. The zero-order valence-corrected chi connectivity index (χ0v) is 18.6. The number of rotatable bonds is 7. The highest BCUT2D eigenvalue weighted by atomic mass is 19.4. The minimum Gasteiger partial charge on any atom is -0.434 e. The fourth-order valence-electron chi connectivity index (χ4n) is 3.53. The molecular weight excluding hydrogens is 510 g/mol. The van der Waals surface area contributed by atoms with Crippen molar-refractivity contribution in [1.29, 1.82) is 0 Å². The highest BCUT2D eigenvalue weighted by Gasteiger charge is 2.57. The van der Waals surface area contributed by atoms with Crippen molar-refractivity contribution < 1.29 is 45.4 Å². The van der Waals surface area contributed by atoms with Gasteiger partial charge in [-0.05, 0) is 23.8 Å². The van der Waals surface area contributed by atoms with Crippen LogP contribution in [0.5, 0.6) is 0 Å². The van der Waals surface area contributed by atoms with Crippen molar-refractivity contribution in [2.75, 3.05) is 11.9 Å². The molecule has 1 aromatic heterocycles. The molecule has 2 aromatic carbocycles. The zero-order chi connectivity index (χ0) is 26.8. The summed E-state index contributed by atoms with van der Waals surface area (Å²) < 4.78 is 87.4. The molecule has 0 aliphatic carbocycles. The van der Waals surface area contributed by atoms with Crippen LogP contribution in [0.2, 0.25) is 0 Å². The Hall–Kier alpha value is -4.07. The molecule has 2 amide bonds. The largest absolute Gasteiger partial charge is 0.434 e. The molecule has 0 spiro atoms. The summed E-state index contributed by atoms with van der Waals surface area (Å²) >= 11 is 0. The number of carbonyl (C=O) groups is 2. The van der Waals surface area contributed by atoms with Crippen LogP contribution in [0.25, 0.3) is 16.9 Å². The van der Waals surface area contributed by atoms with E-state index >= 15 is 0 Å². The van der Waals surface area contributed by atoms with E-state index in [1.807, 2.05) is 0 Å². The first-order valence-electron chi connectivity index (χ1n) is 10.7. The van der Waals surface area contributed by atoms with Gasteiger partial charge >= 0.3 is 18.4 Å². The first-order valence-corrected chi connectivity index (χ1v) is 10.7. The van der Waals surface area contributed by atoms with E-state index in [9.17, 15) is 35.9 Å². The quantitative estimate of drug-likeness (QED) is 0.438. The molecule has 1 aliphatic rings. The maximum absolute atomic E-state index is 12.8. The highest BCUT2D eigenvalue weighted by molar-refractivity contribution is 5.96. The van der Waals surface area contributed by atoms with Gasteiger partial charge in [-0.15, -0.1) is 5.10 Å². The van der Waals surface area contributed by atoms with Crippen LogP contribution in [0.3, 0.4) is 0 Å². The number of halogens is 6. The van der Waals surface area contributed by atoms with E-state index in [1.165, 1.54) is 28.9 Å². The average molecular weight is 528 g/mol. The lowest BCUT2D eigenvalue weighted by Gasteiger charge is -2.23. The first-order chi connectivity index (χ1) is 17.4. The van der Waals surface area contributed by atoms with Gasteiger partial charge in [-0.3, -0.25) is 4.79 Å². The van der Waals surface area contributed by atoms with E-state index in [4.69, 9.17) is 4.74 Å². The Morgan fingerprint density at radius 2 is 1.78 bits per heavy atom. The molecule has 0 unspecified atom stereocenters. The van der Waals surface area contributed by atoms with E-state index in [0.29, 0.717) is 16.9 Å². The number of ether oxygens (including phenoxy) is 2. The number of hydrogen-bond donors (Lipinski definition) is 2. The number of anilines is 1. The SMILES string of the molecule is O=C1NC[C@H](C(=O)Nc2cc(-c3cccc(COC(C(F)(F)F)C(F)(F)F)c3)n(-c3ccccc3)n2)O1. The second kappa shape index (κ2) is 10.1. The number of nitrogens with zero attached hydrogens (tertiary/aromatic N) is 2. The van der Waals surface area contributed by atoms with E-state index < -0.39 is 43.2 Å². The van der Waals surface area contributed by atoms with Crippen molar-refractivity contribution >= 4 is 17.8 Å². The smallest absolute Gasteiger partial charge is 0.423 e.